The molecule has 8 aromatic carbocycles. The van der Waals surface area contributed by atoms with Gasteiger partial charge in [0.15, 0.2) is 0 Å². The summed E-state index contributed by atoms with van der Waals surface area (Å²) >= 11 is 0. The third-order valence-electron chi connectivity index (χ3n) is 11.3. The minimum atomic E-state index is -0.0143. The first-order valence-electron chi connectivity index (χ1n) is 17.4. The van der Waals surface area contributed by atoms with Crippen molar-refractivity contribution in [3.63, 3.8) is 0 Å². The molecule has 0 atom stereocenters. The van der Waals surface area contributed by atoms with E-state index in [4.69, 9.17) is 0 Å². The van der Waals surface area contributed by atoms with Crippen LogP contribution in [0.25, 0.3) is 71.1 Å². The zero-order valence-corrected chi connectivity index (χ0v) is 27.1. The van der Waals surface area contributed by atoms with Gasteiger partial charge in [-0.15, -0.1) is 0 Å². The summed E-state index contributed by atoms with van der Waals surface area (Å²) in [5.74, 6) is 0. The van der Waals surface area contributed by atoms with Crippen LogP contribution < -0.4 is 15.8 Å². The first-order valence-corrected chi connectivity index (χ1v) is 17.4. The highest BCUT2D eigenvalue weighted by Gasteiger charge is 2.44. The van der Waals surface area contributed by atoms with E-state index in [1.54, 1.807) is 0 Å². The summed E-state index contributed by atoms with van der Waals surface area (Å²) in [6.45, 7) is -0.0143. The third-order valence-corrected chi connectivity index (χ3v) is 11.3. The first kappa shape index (κ1) is 26.4. The molecular formula is C46H28BN3. The van der Waals surface area contributed by atoms with E-state index >= 15 is 0 Å². The standard InChI is InChI=1S/C46H28BN3/c1-2-14-32(15-3-1)48-26-25-37-41(48)28-42-45-43(37)38-19-10-18-36-35-17-8-9-20-39(35)50(46(36)38)47(45)44-34-16-7-6-12-30(34)22-24-40(44)49(42)33-23-21-29-11-4-5-13-31(29)27-33/h1-28H. The summed E-state index contributed by atoms with van der Waals surface area (Å²) < 4.78 is 5.02. The summed E-state index contributed by atoms with van der Waals surface area (Å²) in [7, 11) is 0. The number of fused-ring (bicyclic) bond motifs is 12. The maximum atomic E-state index is 2.66. The van der Waals surface area contributed by atoms with Crippen LogP contribution in [-0.2, 0) is 0 Å². The van der Waals surface area contributed by atoms with Gasteiger partial charge in [-0.05, 0) is 86.6 Å². The molecule has 10 aromatic rings. The molecule has 2 aliphatic heterocycles. The van der Waals surface area contributed by atoms with Gasteiger partial charge in [-0.2, -0.15) is 0 Å². The molecule has 0 bridgehead atoms. The van der Waals surface area contributed by atoms with Crippen LogP contribution in [0.3, 0.4) is 0 Å². The Balaban J connectivity index is 1.31. The van der Waals surface area contributed by atoms with Crippen LogP contribution in [0.5, 0.6) is 0 Å². The molecule has 2 aromatic heterocycles. The van der Waals surface area contributed by atoms with Gasteiger partial charge in [-0.25, -0.2) is 0 Å². The van der Waals surface area contributed by atoms with Crippen LogP contribution in [0.4, 0.5) is 17.1 Å². The van der Waals surface area contributed by atoms with Gasteiger partial charge in [0.2, 0.25) is 0 Å². The predicted molar refractivity (Wildman–Crippen MR) is 212 cm³/mol. The monoisotopic (exact) mass is 633 g/mol. The molecule has 0 saturated carbocycles. The van der Waals surface area contributed by atoms with Crippen molar-refractivity contribution >= 4 is 89.1 Å². The molecule has 0 aliphatic carbocycles. The van der Waals surface area contributed by atoms with Crippen molar-refractivity contribution in [3.8, 4) is 16.8 Å². The minimum absolute atomic E-state index is 0.0143. The Hall–Kier alpha value is -6.52. The molecule has 0 saturated heterocycles. The van der Waals surface area contributed by atoms with Crippen molar-refractivity contribution in [1.82, 2.24) is 9.05 Å². The highest BCUT2D eigenvalue weighted by Crippen LogP contribution is 2.48. The molecular weight excluding hydrogens is 605 g/mol. The second-order valence-corrected chi connectivity index (χ2v) is 13.7. The molecule has 3 nitrogen and oxygen atoms in total. The second-order valence-electron chi connectivity index (χ2n) is 13.7. The first-order chi connectivity index (χ1) is 24.8. The number of benzene rings is 8. The van der Waals surface area contributed by atoms with E-state index in [0.29, 0.717) is 0 Å². The van der Waals surface area contributed by atoms with Crippen molar-refractivity contribution in [2.75, 3.05) is 4.90 Å². The zero-order valence-electron chi connectivity index (χ0n) is 27.1. The molecule has 0 N–H and O–H groups in total. The Morgan fingerprint density at radius 3 is 2.06 bits per heavy atom. The number of anilines is 3. The average Bonchev–Trinajstić information content (AvgIpc) is 3.76. The van der Waals surface area contributed by atoms with Crippen molar-refractivity contribution in [2.45, 2.75) is 0 Å². The summed E-state index contributed by atoms with van der Waals surface area (Å²) in [5, 5.41) is 8.93. The van der Waals surface area contributed by atoms with Gasteiger partial charge in [0.1, 0.15) is 0 Å². The third kappa shape index (κ3) is 3.30. The molecule has 0 radical (unpaired) electrons. The van der Waals surface area contributed by atoms with E-state index in [0.717, 1.165) is 5.69 Å². The quantitative estimate of drug-likeness (QED) is 0.173. The molecule has 230 valence electrons. The van der Waals surface area contributed by atoms with Crippen molar-refractivity contribution in [3.05, 3.63) is 170 Å². The average molecular weight is 634 g/mol. The Morgan fingerprint density at radius 1 is 0.420 bits per heavy atom. The normalized spacial score (nSPS) is 13.1. The number of rotatable bonds is 2. The van der Waals surface area contributed by atoms with Crippen molar-refractivity contribution in [2.24, 2.45) is 0 Å². The lowest BCUT2D eigenvalue weighted by Gasteiger charge is -2.41. The van der Waals surface area contributed by atoms with E-state index < -0.39 is 0 Å². The van der Waals surface area contributed by atoms with E-state index in [9.17, 15) is 0 Å². The fraction of sp³-hybridized carbons (Fsp3) is 0. The Bertz CT molecular complexity index is 3060. The molecule has 0 unspecified atom stereocenters. The van der Waals surface area contributed by atoms with Crippen LogP contribution in [0.15, 0.2) is 170 Å². The number of hydrogen-bond acceptors (Lipinski definition) is 1. The smallest absolute Gasteiger partial charge is 0.333 e. The highest BCUT2D eigenvalue weighted by molar-refractivity contribution is 6.92. The molecule has 4 heterocycles. The fourth-order valence-electron chi connectivity index (χ4n) is 9.26. The maximum Gasteiger partial charge on any atom is 0.333 e. The Labute approximate surface area is 288 Å². The lowest BCUT2D eigenvalue weighted by Crippen LogP contribution is -2.57. The number of hydrogen-bond donors (Lipinski definition) is 0. The lowest BCUT2D eigenvalue weighted by atomic mass is 9.44. The zero-order chi connectivity index (χ0) is 32.5. The molecule has 2 aliphatic rings. The van der Waals surface area contributed by atoms with Crippen LogP contribution in [0.1, 0.15) is 0 Å². The van der Waals surface area contributed by atoms with Gasteiger partial charge >= 0.3 is 6.85 Å². The Kier molecular flexibility index (Phi) is 5.05. The molecule has 0 spiro atoms. The van der Waals surface area contributed by atoms with Crippen molar-refractivity contribution < 1.29 is 0 Å². The van der Waals surface area contributed by atoms with E-state index in [2.05, 4.69) is 184 Å². The highest BCUT2D eigenvalue weighted by atomic mass is 15.2. The summed E-state index contributed by atoms with van der Waals surface area (Å²) in [6.07, 6.45) is 2.25. The summed E-state index contributed by atoms with van der Waals surface area (Å²) in [4.78, 5) is 2.54. The minimum Gasteiger partial charge on any atom is -0.375 e. The van der Waals surface area contributed by atoms with E-state index in [-0.39, 0.29) is 6.85 Å². The van der Waals surface area contributed by atoms with Crippen LogP contribution in [-0.4, -0.2) is 15.9 Å². The van der Waals surface area contributed by atoms with Gasteiger partial charge in [-0.3, -0.25) is 0 Å². The second kappa shape index (κ2) is 9.55. The van der Waals surface area contributed by atoms with Gasteiger partial charge in [-0.1, -0.05) is 115 Å². The SMILES string of the molecule is c1ccc(-n2ccc3c4c5c(cc32)N(c2ccc3ccccc3c2)c2ccc3ccccc3c2B5n2c3ccccc3c3cccc-4c32)cc1. The molecule has 0 amide bonds. The largest absolute Gasteiger partial charge is 0.375 e. The number of aromatic nitrogens is 2. The predicted octanol–water partition coefficient (Wildman–Crippen LogP) is 10.5. The van der Waals surface area contributed by atoms with E-state index in [1.807, 2.05) is 0 Å². The van der Waals surface area contributed by atoms with Gasteiger partial charge in [0, 0.05) is 61.7 Å². The molecule has 0 fully saturated rings. The fourth-order valence-corrected chi connectivity index (χ4v) is 9.26. The Morgan fingerprint density at radius 2 is 1.16 bits per heavy atom. The van der Waals surface area contributed by atoms with Gasteiger partial charge < -0.3 is 13.9 Å². The van der Waals surface area contributed by atoms with Gasteiger partial charge in [0.05, 0.1) is 5.52 Å². The van der Waals surface area contributed by atoms with Gasteiger partial charge in [0.25, 0.3) is 0 Å². The van der Waals surface area contributed by atoms with E-state index in [1.165, 1.54) is 93.4 Å². The summed E-state index contributed by atoms with van der Waals surface area (Å²) in [6, 6.07) is 60.7. The lowest BCUT2D eigenvalue weighted by molar-refractivity contribution is 1.13. The molecule has 4 heteroatoms. The van der Waals surface area contributed by atoms with Crippen LogP contribution in [0.2, 0.25) is 0 Å². The number of para-hydroxylation sites is 3. The van der Waals surface area contributed by atoms with Crippen LogP contribution in [0, 0.1) is 0 Å². The molecule has 50 heavy (non-hydrogen) atoms. The summed E-state index contributed by atoms with van der Waals surface area (Å²) in [5.41, 5.74) is 13.9. The number of nitrogens with zero attached hydrogens (tertiary/aromatic N) is 3. The topological polar surface area (TPSA) is 13.1 Å². The molecule has 12 rings (SSSR count). The maximum absolute atomic E-state index is 2.66. The van der Waals surface area contributed by atoms with Crippen LogP contribution >= 0.6 is 0 Å². The van der Waals surface area contributed by atoms with Crippen molar-refractivity contribution in [1.29, 1.82) is 0 Å².